The van der Waals surface area contributed by atoms with Gasteiger partial charge in [0.05, 0.1) is 11.1 Å². The maximum Gasteiger partial charge on any atom is 0.339 e. The van der Waals surface area contributed by atoms with Crippen molar-refractivity contribution in [3.05, 3.63) is 69.8 Å². The molecule has 4 aromatic rings. The lowest BCUT2D eigenvalue weighted by atomic mass is 10.00. The van der Waals surface area contributed by atoms with Crippen LogP contribution in [0.1, 0.15) is 83.0 Å². The zero-order chi connectivity index (χ0) is 26.8. The van der Waals surface area contributed by atoms with Crippen LogP contribution in [0.2, 0.25) is 0 Å². The van der Waals surface area contributed by atoms with Crippen LogP contribution < -0.4 is 0 Å². The summed E-state index contributed by atoms with van der Waals surface area (Å²) in [5.74, 6) is -3.08. The number of ketones is 1. The van der Waals surface area contributed by atoms with Crippen molar-refractivity contribution in [2.24, 2.45) is 0 Å². The number of aromatic hydroxyl groups is 4. The number of benzene rings is 4. The Labute approximate surface area is 213 Å². The Morgan fingerprint density at radius 1 is 0.865 bits per heavy atom. The number of carbonyl (C=O) groups is 2. The molecule has 0 aliphatic heterocycles. The standard InChI is InChI=1S/C30H28O7/c1-4-5-6-7-14-10-15-8-9-17-18(22(15)27(34)23(14)29(36)37)13-20-25(26(17)33)28(35)24-19(30(20,2)3)11-16(31)12-21(24)32/h8-13,31-34H,4-7H2,1-3H3,(H,36,37)/i4+1,6+1,9+1,14+1,15+1,16+1,18+1,19+1,20+1,21+1,26+1,27+1,28+1,29+1. The second kappa shape index (κ2) is 8.40. The van der Waals surface area contributed by atoms with Gasteiger partial charge in [-0.2, -0.15) is 0 Å². The van der Waals surface area contributed by atoms with Gasteiger partial charge in [-0.15, -0.1) is 0 Å². The van der Waals surface area contributed by atoms with E-state index in [2.05, 4.69) is 6.92 Å². The SMILES string of the molecule is C[13CH2]C[13CH2]C[13c]1c[13c]2c[13cH]c3[13c](O)c4[13c](c[13c]3c2[13c](O)c1[13C](=O)O)C(C)(C)[13c]1c[13c](O)c[13c](O)c1[13C]4=O. The first kappa shape index (κ1) is 24.4. The van der Waals surface area contributed by atoms with Gasteiger partial charge < -0.3 is 25.5 Å². The highest BCUT2D eigenvalue weighted by Gasteiger charge is 2.41. The average Bonchev–Trinajstić information content (AvgIpc) is 2.81. The van der Waals surface area contributed by atoms with Crippen LogP contribution in [0.3, 0.4) is 0 Å². The molecule has 5 rings (SSSR count). The highest BCUT2D eigenvalue weighted by Crippen LogP contribution is 2.51. The van der Waals surface area contributed by atoms with Crippen LogP contribution in [0, 0.1) is 0 Å². The normalized spacial score (nSPS) is 14.1. The predicted molar refractivity (Wildman–Crippen MR) is 140 cm³/mol. The zero-order valence-electron chi connectivity index (χ0n) is 20.8. The Morgan fingerprint density at radius 2 is 1.57 bits per heavy atom. The van der Waals surface area contributed by atoms with Crippen molar-refractivity contribution < 1.29 is 35.1 Å². The van der Waals surface area contributed by atoms with E-state index in [0.29, 0.717) is 33.9 Å². The third-order valence-electron chi connectivity index (χ3n) is 7.62. The number of fused-ring (bicyclic) bond motifs is 5. The topological polar surface area (TPSA) is 135 Å². The van der Waals surface area contributed by atoms with Gasteiger partial charge in [-0.05, 0) is 64.6 Å². The third-order valence-corrected chi connectivity index (χ3v) is 7.62. The lowest BCUT2D eigenvalue weighted by molar-refractivity contribution is 0.0692. The van der Waals surface area contributed by atoms with E-state index < -0.39 is 17.2 Å². The van der Waals surface area contributed by atoms with Gasteiger partial charge in [0.15, 0.2) is 0 Å². The van der Waals surface area contributed by atoms with Crippen LogP contribution in [0.15, 0.2) is 36.4 Å². The van der Waals surface area contributed by atoms with Gasteiger partial charge >= 0.3 is 5.97 Å². The number of hydrogen-bond acceptors (Lipinski definition) is 6. The van der Waals surface area contributed by atoms with Crippen LogP contribution in [0.25, 0.3) is 21.5 Å². The van der Waals surface area contributed by atoms with Gasteiger partial charge in [-0.3, -0.25) is 4.79 Å². The minimum absolute atomic E-state index is 0.0125. The largest absolute Gasteiger partial charge is 0.508 e. The van der Waals surface area contributed by atoms with Crippen LogP contribution in [-0.4, -0.2) is 37.3 Å². The number of aromatic carboxylic acids is 1. The highest BCUT2D eigenvalue weighted by atomic mass is 16.5. The number of unbranched alkanes of at least 4 members (excludes halogenated alkanes) is 2. The number of aryl methyl sites for hydroxylation is 1. The van der Waals surface area contributed by atoms with Crippen LogP contribution >= 0.6 is 0 Å². The molecular formula is C30H28O7. The molecule has 7 nitrogen and oxygen atoms in total. The van der Waals surface area contributed by atoms with Gasteiger partial charge in [0.1, 0.15) is 28.6 Å². The first-order valence-corrected chi connectivity index (χ1v) is 12.3. The molecule has 0 saturated heterocycles. The monoisotopic (exact) mass is 514 g/mol. The molecule has 0 spiro atoms. The summed E-state index contributed by atoms with van der Waals surface area (Å²) in [6.07, 6.45) is 3.21. The molecule has 0 aromatic heterocycles. The van der Waals surface area contributed by atoms with E-state index in [9.17, 15) is 35.1 Å². The van der Waals surface area contributed by atoms with Crippen LogP contribution in [-0.2, 0) is 11.8 Å². The number of carbonyl (C=O) groups excluding carboxylic acids is 1. The summed E-state index contributed by atoms with van der Waals surface area (Å²) in [6, 6.07) is 9.31. The average molecular weight is 514 g/mol. The summed E-state index contributed by atoms with van der Waals surface area (Å²) in [4.78, 5) is 25.7. The second-order valence-corrected chi connectivity index (χ2v) is 10.3. The van der Waals surface area contributed by atoms with E-state index in [1.165, 1.54) is 6.07 Å². The third kappa shape index (κ3) is 3.49. The molecule has 1 aliphatic carbocycles. The molecule has 0 bridgehead atoms. The Kier molecular flexibility index (Phi) is 5.55. The lowest BCUT2D eigenvalue weighted by Crippen LogP contribution is -2.30. The quantitative estimate of drug-likeness (QED) is 0.123. The van der Waals surface area contributed by atoms with Crippen LogP contribution in [0.4, 0.5) is 0 Å². The van der Waals surface area contributed by atoms with E-state index in [0.717, 1.165) is 25.3 Å². The molecule has 1 aliphatic rings. The van der Waals surface area contributed by atoms with E-state index in [4.69, 9.17) is 0 Å². The number of rotatable bonds is 5. The van der Waals surface area contributed by atoms with Crippen molar-refractivity contribution in [2.75, 3.05) is 0 Å². The van der Waals surface area contributed by atoms with Crippen molar-refractivity contribution in [3.63, 3.8) is 0 Å². The summed E-state index contributed by atoms with van der Waals surface area (Å²) in [6.45, 7) is 5.67. The number of carboxylic acids is 1. The fourth-order valence-corrected chi connectivity index (χ4v) is 5.73. The maximum atomic E-state index is 13.5. The van der Waals surface area contributed by atoms with Gasteiger partial charge in [-0.25, -0.2) is 4.79 Å². The van der Waals surface area contributed by atoms with Gasteiger partial charge in [-0.1, -0.05) is 39.7 Å². The molecule has 5 N–H and O–H groups in total. The summed E-state index contributed by atoms with van der Waals surface area (Å²) in [5.41, 5.74) is 0.337. The van der Waals surface area contributed by atoms with Crippen molar-refractivity contribution in [1.82, 2.24) is 0 Å². The number of hydrogen-bond donors (Lipinski definition) is 5. The number of phenols is 4. The minimum atomic E-state index is -1.24. The van der Waals surface area contributed by atoms with E-state index in [1.807, 2.05) is 0 Å². The molecule has 0 radical (unpaired) electrons. The smallest absolute Gasteiger partial charge is 0.339 e. The van der Waals surface area contributed by atoms with E-state index in [1.54, 1.807) is 38.1 Å². The lowest BCUT2D eigenvalue weighted by Gasteiger charge is -2.35. The number of phenolic OH excluding ortho intramolecular Hbond substituents is 3. The van der Waals surface area contributed by atoms with E-state index in [-0.39, 0.29) is 50.5 Å². The van der Waals surface area contributed by atoms with Crippen molar-refractivity contribution >= 4 is 33.3 Å². The Morgan fingerprint density at radius 3 is 2.24 bits per heavy atom. The summed E-state index contributed by atoms with van der Waals surface area (Å²) >= 11 is 0. The summed E-state index contributed by atoms with van der Waals surface area (Å²) in [7, 11) is 0. The molecular weight excluding hydrogens is 486 g/mol. The van der Waals surface area contributed by atoms with Gasteiger partial charge in [0.25, 0.3) is 0 Å². The van der Waals surface area contributed by atoms with Gasteiger partial charge in [0, 0.05) is 22.3 Å². The Hall–Kier alpha value is -4.26. The molecule has 0 unspecified atom stereocenters. The number of carboxylic acid groups (broad SMARTS) is 1. The molecule has 7 heteroatoms. The molecule has 0 saturated carbocycles. The summed E-state index contributed by atoms with van der Waals surface area (Å²) < 4.78 is 0. The van der Waals surface area contributed by atoms with E-state index >= 15 is 0 Å². The molecule has 0 fully saturated rings. The fourth-order valence-electron chi connectivity index (χ4n) is 5.73. The summed E-state index contributed by atoms with van der Waals surface area (Å²) in [5, 5.41) is 54.8. The first-order valence-electron chi connectivity index (χ1n) is 12.3. The Balaban J connectivity index is 1.86. The van der Waals surface area contributed by atoms with Crippen molar-refractivity contribution in [3.8, 4) is 23.0 Å². The molecule has 4 aromatic carbocycles. The molecule has 0 heterocycles. The van der Waals surface area contributed by atoms with Crippen molar-refractivity contribution in [1.29, 1.82) is 0 Å². The minimum Gasteiger partial charge on any atom is -0.508 e. The van der Waals surface area contributed by atoms with Crippen LogP contribution in [0.5, 0.6) is 23.0 Å². The molecule has 37 heavy (non-hydrogen) atoms. The predicted octanol–water partition coefficient (Wildman–Crippen LogP) is 6.12. The fraction of sp³-hybridized carbons (Fsp3) is 0.267. The van der Waals surface area contributed by atoms with Crippen molar-refractivity contribution in [2.45, 2.75) is 51.9 Å². The second-order valence-electron chi connectivity index (χ2n) is 10.3. The Bertz CT molecular complexity index is 1650. The highest BCUT2D eigenvalue weighted by molar-refractivity contribution is 6.22. The maximum absolute atomic E-state index is 13.5. The molecule has 190 valence electrons. The first-order chi connectivity index (χ1) is 17.5. The molecule has 0 amide bonds. The molecule has 0 atom stereocenters. The zero-order valence-corrected chi connectivity index (χ0v) is 20.8. The van der Waals surface area contributed by atoms with Gasteiger partial charge in [0.2, 0.25) is 5.78 Å².